The number of oxime groups is 1. The van der Waals surface area contributed by atoms with Crippen molar-refractivity contribution in [2.45, 2.75) is 6.54 Å². The number of piperazine rings is 1. The Kier molecular flexibility index (Phi) is 5.74. The van der Waals surface area contributed by atoms with Crippen molar-refractivity contribution in [1.82, 2.24) is 14.8 Å². The second-order valence-electron chi connectivity index (χ2n) is 5.93. The van der Waals surface area contributed by atoms with Crippen LogP contribution in [-0.2, 0) is 11.4 Å². The molecule has 1 fully saturated rings. The maximum atomic E-state index is 12.6. The fraction of sp³-hybridized carbons (Fsp3) is 0.316. The summed E-state index contributed by atoms with van der Waals surface area (Å²) < 4.78 is 0. The Hall–Kier alpha value is -2.73. The third kappa shape index (κ3) is 4.64. The van der Waals surface area contributed by atoms with Gasteiger partial charge in [-0.15, -0.1) is 0 Å². The lowest BCUT2D eigenvalue weighted by atomic mass is 10.1. The average Bonchev–Trinajstić information content (AvgIpc) is 2.68. The van der Waals surface area contributed by atoms with Crippen LogP contribution in [0, 0.1) is 0 Å². The van der Waals surface area contributed by atoms with Crippen LogP contribution in [0.25, 0.3) is 0 Å². The first-order chi connectivity index (χ1) is 12.3. The Morgan fingerprint density at radius 3 is 2.56 bits per heavy atom. The summed E-state index contributed by atoms with van der Waals surface area (Å²) >= 11 is 0. The zero-order chi connectivity index (χ0) is 17.5. The summed E-state index contributed by atoms with van der Waals surface area (Å²) in [6.07, 6.45) is 3.43. The van der Waals surface area contributed by atoms with E-state index >= 15 is 0 Å². The minimum absolute atomic E-state index is 0.0766. The number of rotatable bonds is 5. The monoisotopic (exact) mass is 338 g/mol. The molecule has 130 valence electrons. The minimum atomic E-state index is 0.0766. The first-order valence-corrected chi connectivity index (χ1v) is 8.34. The van der Waals surface area contributed by atoms with E-state index in [1.165, 1.54) is 7.11 Å². The van der Waals surface area contributed by atoms with Gasteiger partial charge in [0.05, 0.1) is 11.9 Å². The van der Waals surface area contributed by atoms with E-state index in [0.717, 1.165) is 44.0 Å². The lowest BCUT2D eigenvalue weighted by Crippen LogP contribution is -2.48. The molecule has 25 heavy (non-hydrogen) atoms. The fourth-order valence-corrected chi connectivity index (χ4v) is 2.84. The van der Waals surface area contributed by atoms with Gasteiger partial charge in [0.1, 0.15) is 7.11 Å². The number of carbonyl (C=O) groups is 1. The van der Waals surface area contributed by atoms with Crippen LogP contribution in [0.15, 0.2) is 53.8 Å². The maximum Gasteiger partial charge on any atom is 0.253 e. The highest BCUT2D eigenvalue weighted by molar-refractivity contribution is 5.95. The maximum absolute atomic E-state index is 12.6. The molecule has 1 aliphatic rings. The van der Waals surface area contributed by atoms with Crippen molar-refractivity contribution in [3.8, 4) is 0 Å². The van der Waals surface area contributed by atoms with Crippen LogP contribution >= 0.6 is 0 Å². The van der Waals surface area contributed by atoms with E-state index in [1.54, 1.807) is 6.21 Å². The van der Waals surface area contributed by atoms with Crippen LogP contribution < -0.4 is 0 Å². The summed E-state index contributed by atoms with van der Waals surface area (Å²) in [7, 11) is 1.50. The number of hydrogen-bond acceptors (Lipinski definition) is 5. The lowest BCUT2D eigenvalue weighted by molar-refractivity contribution is 0.0627. The molecule has 0 N–H and O–H groups in total. The van der Waals surface area contributed by atoms with Crippen LogP contribution in [0.5, 0.6) is 0 Å². The number of pyridine rings is 1. The normalized spacial score (nSPS) is 15.5. The quantitative estimate of drug-likeness (QED) is 0.618. The molecule has 0 radical (unpaired) electrons. The Bertz CT molecular complexity index is 708. The predicted molar refractivity (Wildman–Crippen MR) is 96.5 cm³/mol. The molecule has 0 atom stereocenters. The zero-order valence-electron chi connectivity index (χ0n) is 14.3. The predicted octanol–water partition coefficient (Wildman–Crippen LogP) is 2.02. The Labute approximate surface area is 147 Å². The van der Waals surface area contributed by atoms with E-state index < -0.39 is 0 Å². The Balaban J connectivity index is 1.53. The lowest BCUT2D eigenvalue weighted by Gasteiger charge is -2.34. The number of hydrogen-bond donors (Lipinski definition) is 0. The summed E-state index contributed by atoms with van der Waals surface area (Å²) in [5.74, 6) is 0.0766. The minimum Gasteiger partial charge on any atom is -0.399 e. The van der Waals surface area contributed by atoms with E-state index in [4.69, 9.17) is 0 Å². The van der Waals surface area contributed by atoms with Gasteiger partial charge in [0.25, 0.3) is 5.91 Å². The molecule has 2 aromatic rings. The highest BCUT2D eigenvalue weighted by atomic mass is 16.6. The van der Waals surface area contributed by atoms with Gasteiger partial charge in [-0.25, -0.2) is 0 Å². The van der Waals surface area contributed by atoms with Crippen molar-refractivity contribution in [2.24, 2.45) is 5.16 Å². The summed E-state index contributed by atoms with van der Waals surface area (Å²) in [6.45, 7) is 4.02. The van der Waals surface area contributed by atoms with E-state index in [1.807, 2.05) is 53.6 Å². The molecule has 0 bridgehead atoms. The summed E-state index contributed by atoms with van der Waals surface area (Å²) in [4.78, 5) is 25.9. The summed E-state index contributed by atoms with van der Waals surface area (Å²) in [5, 5.41) is 3.72. The van der Waals surface area contributed by atoms with Crippen LogP contribution in [0.1, 0.15) is 21.6 Å². The standard InChI is InChI=1S/C19H22N4O2/c1-25-21-14-16-5-7-17(8-6-16)19(24)23-12-10-22(11-13-23)15-18-4-2-3-9-20-18/h2-9,14H,10-13,15H2,1H3/b21-14+. The molecule has 6 nitrogen and oxygen atoms in total. The molecule has 0 spiro atoms. The van der Waals surface area contributed by atoms with E-state index in [0.29, 0.717) is 5.56 Å². The number of carbonyl (C=O) groups excluding carboxylic acids is 1. The van der Waals surface area contributed by atoms with E-state index in [9.17, 15) is 4.79 Å². The van der Waals surface area contributed by atoms with Crippen molar-refractivity contribution < 1.29 is 9.63 Å². The van der Waals surface area contributed by atoms with Gasteiger partial charge in [-0.1, -0.05) is 23.4 Å². The molecule has 2 heterocycles. The molecule has 1 aromatic heterocycles. The SMILES string of the molecule is CO/N=C/c1ccc(C(=O)N2CCN(Cc3ccccn3)CC2)cc1. The molecule has 0 saturated carbocycles. The van der Waals surface area contributed by atoms with Crippen molar-refractivity contribution in [1.29, 1.82) is 0 Å². The van der Waals surface area contributed by atoms with Gasteiger partial charge in [0.2, 0.25) is 0 Å². The molecule has 0 unspecified atom stereocenters. The third-order valence-corrected chi connectivity index (χ3v) is 4.24. The van der Waals surface area contributed by atoms with Crippen molar-refractivity contribution >= 4 is 12.1 Å². The van der Waals surface area contributed by atoms with Gasteiger partial charge in [0, 0.05) is 44.5 Å². The van der Waals surface area contributed by atoms with Crippen molar-refractivity contribution in [3.63, 3.8) is 0 Å². The molecular formula is C19H22N4O2. The van der Waals surface area contributed by atoms with E-state index in [2.05, 4.69) is 19.9 Å². The highest BCUT2D eigenvalue weighted by Crippen LogP contribution is 2.11. The van der Waals surface area contributed by atoms with Gasteiger partial charge < -0.3 is 9.74 Å². The zero-order valence-corrected chi connectivity index (χ0v) is 14.3. The Morgan fingerprint density at radius 2 is 1.92 bits per heavy atom. The van der Waals surface area contributed by atoms with Gasteiger partial charge in [0.15, 0.2) is 0 Å². The Morgan fingerprint density at radius 1 is 1.16 bits per heavy atom. The third-order valence-electron chi connectivity index (χ3n) is 4.24. The van der Waals surface area contributed by atoms with Crippen LogP contribution in [0.3, 0.4) is 0 Å². The first kappa shape index (κ1) is 17.1. The second kappa shape index (κ2) is 8.39. The topological polar surface area (TPSA) is 58.0 Å². The second-order valence-corrected chi connectivity index (χ2v) is 5.93. The van der Waals surface area contributed by atoms with Gasteiger partial charge >= 0.3 is 0 Å². The van der Waals surface area contributed by atoms with Gasteiger partial charge in [-0.2, -0.15) is 0 Å². The number of benzene rings is 1. The smallest absolute Gasteiger partial charge is 0.253 e. The van der Waals surface area contributed by atoms with Crippen molar-refractivity contribution in [2.75, 3.05) is 33.3 Å². The molecule has 3 rings (SSSR count). The molecule has 6 heteroatoms. The van der Waals surface area contributed by atoms with Crippen LogP contribution in [0.2, 0.25) is 0 Å². The number of aromatic nitrogens is 1. The highest BCUT2D eigenvalue weighted by Gasteiger charge is 2.22. The number of nitrogens with zero attached hydrogens (tertiary/aromatic N) is 4. The van der Waals surface area contributed by atoms with Crippen LogP contribution in [-0.4, -0.2) is 60.2 Å². The molecule has 1 aliphatic heterocycles. The molecule has 1 saturated heterocycles. The van der Waals surface area contributed by atoms with Crippen molar-refractivity contribution in [3.05, 3.63) is 65.5 Å². The van der Waals surface area contributed by atoms with Gasteiger partial charge in [-0.3, -0.25) is 14.7 Å². The average molecular weight is 338 g/mol. The summed E-state index contributed by atoms with van der Waals surface area (Å²) in [6, 6.07) is 13.4. The molecule has 0 aliphatic carbocycles. The molecular weight excluding hydrogens is 316 g/mol. The summed E-state index contributed by atoms with van der Waals surface area (Å²) in [5.41, 5.74) is 2.67. The van der Waals surface area contributed by atoms with Gasteiger partial charge in [-0.05, 0) is 29.8 Å². The molecule has 1 amide bonds. The van der Waals surface area contributed by atoms with E-state index in [-0.39, 0.29) is 5.91 Å². The van der Waals surface area contributed by atoms with Crippen LogP contribution in [0.4, 0.5) is 0 Å². The largest absolute Gasteiger partial charge is 0.399 e. The fourth-order valence-electron chi connectivity index (χ4n) is 2.84. The molecule has 1 aromatic carbocycles. The number of amides is 1. The first-order valence-electron chi connectivity index (χ1n) is 8.34.